The van der Waals surface area contributed by atoms with Crippen LogP contribution in [0.2, 0.25) is 0 Å². The van der Waals surface area contributed by atoms with Gasteiger partial charge in [0.25, 0.3) is 0 Å². The van der Waals surface area contributed by atoms with Gasteiger partial charge in [0.05, 0.1) is 0 Å². The molecular formula is C14H18N2O3. The van der Waals surface area contributed by atoms with Crippen LogP contribution in [-0.2, 0) is 9.59 Å². The summed E-state index contributed by atoms with van der Waals surface area (Å²) in [6.07, 6.45) is 0. The van der Waals surface area contributed by atoms with E-state index in [0.29, 0.717) is 13.1 Å². The van der Waals surface area contributed by atoms with E-state index in [1.54, 1.807) is 7.05 Å². The molecule has 0 radical (unpaired) electrons. The number of nitrogens with zero attached hydrogens (tertiary/aromatic N) is 2. The first-order valence-corrected chi connectivity index (χ1v) is 6.32. The van der Waals surface area contributed by atoms with E-state index < -0.39 is 11.8 Å². The van der Waals surface area contributed by atoms with Gasteiger partial charge in [0.15, 0.2) is 0 Å². The Morgan fingerprint density at radius 2 is 1.79 bits per heavy atom. The molecular weight excluding hydrogens is 244 g/mol. The van der Waals surface area contributed by atoms with Crippen LogP contribution in [0.3, 0.4) is 0 Å². The van der Waals surface area contributed by atoms with Crippen molar-refractivity contribution >= 4 is 17.5 Å². The van der Waals surface area contributed by atoms with Gasteiger partial charge in [0.2, 0.25) is 0 Å². The van der Waals surface area contributed by atoms with Crippen LogP contribution in [0.25, 0.3) is 0 Å². The molecule has 0 aromatic heterocycles. The highest BCUT2D eigenvalue weighted by Crippen LogP contribution is 2.21. The maximum Gasteiger partial charge on any atom is 0.316 e. The number of hydrogen-bond acceptors (Lipinski definition) is 3. The Morgan fingerprint density at radius 1 is 1.16 bits per heavy atom. The monoisotopic (exact) mass is 262 g/mol. The summed E-state index contributed by atoms with van der Waals surface area (Å²) in [5.74, 6) is -0.894. The number of piperazine rings is 1. The average Bonchev–Trinajstić information content (AvgIpc) is 2.44. The molecule has 0 bridgehead atoms. The van der Waals surface area contributed by atoms with Crippen molar-refractivity contribution in [1.29, 1.82) is 0 Å². The number of carbonyl (C=O) groups is 2. The minimum absolute atomic E-state index is 0.0684. The first-order valence-electron chi connectivity index (χ1n) is 6.32. The van der Waals surface area contributed by atoms with Gasteiger partial charge in [-0.1, -0.05) is 19.1 Å². The van der Waals surface area contributed by atoms with Crippen LogP contribution in [0, 0.1) is 0 Å². The fourth-order valence-electron chi connectivity index (χ4n) is 2.07. The van der Waals surface area contributed by atoms with Gasteiger partial charge < -0.3 is 14.9 Å². The highest BCUT2D eigenvalue weighted by molar-refractivity contribution is 6.40. The second-order valence-electron chi connectivity index (χ2n) is 4.86. The molecule has 1 heterocycles. The minimum atomic E-state index is -0.489. The van der Waals surface area contributed by atoms with Crippen LogP contribution < -0.4 is 4.90 Å². The number of aliphatic hydroxyl groups is 1. The normalized spacial score (nSPS) is 17.8. The number of benzene rings is 1. The molecule has 2 amide bonds. The van der Waals surface area contributed by atoms with Crippen molar-refractivity contribution in [3.63, 3.8) is 0 Å². The highest BCUT2D eigenvalue weighted by atomic mass is 16.3. The minimum Gasteiger partial charge on any atom is -0.396 e. The van der Waals surface area contributed by atoms with Gasteiger partial charge in [0, 0.05) is 38.3 Å². The number of rotatable bonds is 3. The van der Waals surface area contributed by atoms with Gasteiger partial charge in [-0.2, -0.15) is 0 Å². The Hall–Kier alpha value is -1.88. The van der Waals surface area contributed by atoms with Gasteiger partial charge in [-0.15, -0.1) is 0 Å². The molecule has 1 atom stereocenters. The van der Waals surface area contributed by atoms with Crippen LogP contribution in [0.4, 0.5) is 5.69 Å². The molecule has 1 aromatic carbocycles. The van der Waals surface area contributed by atoms with E-state index in [9.17, 15) is 9.59 Å². The van der Waals surface area contributed by atoms with Crippen LogP contribution in [0.1, 0.15) is 18.4 Å². The van der Waals surface area contributed by atoms with Crippen molar-refractivity contribution < 1.29 is 14.7 Å². The summed E-state index contributed by atoms with van der Waals surface area (Å²) < 4.78 is 0. The molecule has 5 heteroatoms. The van der Waals surface area contributed by atoms with Crippen LogP contribution in [0.15, 0.2) is 24.3 Å². The Labute approximate surface area is 112 Å². The van der Waals surface area contributed by atoms with E-state index >= 15 is 0 Å². The molecule has 102 valence electrons. The molecule has 1 aromatic rings. The third kappa shape index (κ3) is 2.61. The molecule has 5 nitrogen and oxygen atoms in total. The zero-order valence-corrected chi connectivity index (χ0v) is 11.2. The van der Waals surface area contributed by atoms with Crippen molar-refractivity contribution in [2.75, 3.05) is 31.6 Å². The molecule has 1 N–H and O–H groups in total. The van der Waals surface area contributed by atoms with E-state index in [0.717, 1.165) is 11.3 Å². The van der Waals surface area contributed by atoms with Crippen molar-refractivity contribution in [2.24, 2.45) is 0 Å². The fourth-order valence-corrected chi connectivity index (χ4v) is 2.07. The van der Waals surface area contributed by atoms with Crippen molar-refractivity contribution in [3.05, 3.63) is 29.8 Å². The SMILES string of the molecule is CC(CO)c1ccc(N2CCN(C)C(=O)C2=O)cc1. The number of carbonyl (C=O) groups excluding carboxylic acids is 2. The van der Waals surface area contributed by atoms with E-state index in [1.165, 1.54) is 9.80 Å². The standard InChI is InChI=1S/C14H18N2O3/c1-10(9-17)11-3-5-12(6-4-11)16-8-7-15(2)13(18)14(16)19/h3-6,10,17H,7-9H2,1-2H3. The summed E-state index contributed by atoms with van der Waals surface area (Å²) in [5.41, 5.74) is 1.74. The van der Waals surface area contributed by atoms with Crippen molar-refractivity contribution in [1.82, 2.24) is 4.90 Å². The Bertz CT molecular complexity index is 484. The zero-order valence-electron chi connectivity index (χ0n) is 11.2. The largest absolute Gasteiger partial charge is 0.396 e. The summed E-state index contributed by atoms with van der Waals surface area (Å²) in [6.45, 7) is 3.07. The molecule has 1 saturated heterocycles. The van der Waals surface area contributed by atoms with Crippen molar-refractivity contribution in [3.8, 4) is 0 Å². The summed E-state index contributed by atoms with van der Waals surface area (Å²) in [7, 11) is 1.63. The Balaban J connectivity index is 2.18. The smallest absolute Gasteiger partial charge is 0.316 e. The zero-order chi connectivity index (χ0) is 14.0. The van der Waals surface area contributed by atoms with Crippen LogP contribution >= 0.6 is 0 Å². The number of hydrogen-bond donors (Lipinski definition) is 1. The summed E-state index contributed by atoms with van der Waals surface area (Å²) in [4.78, 5) is 26.5. The van der Waals surface area contributed by atoms with Crippen LogP contribution in [0.5, 0.6) is 0 Å². The summed E-state index contributed by atoms with van der Waals surface area (Å²) in [6, 6.07) is 7.40. The lowest BCUT2D eigenvalue weighted by Crippen LogP contribution is -2.53. The lowest BCUT2D eigenvalue weighted by molar-refractivity contribution is -0.145. The summed E-state index contributed by atoms with van der Waals surface area (Å²) >= 11 is 0. The number of amides is 2. The van der Waals surface area contributed by atoms with E-state index in [4.69, 9.17) is 5.11 Å². The fraction of sp³-hybridized carbons (Fsp3) is 0.429. The first-order chi connectivity index (χ1) is 9.04. The average molecular weight is 262 g/mol. The molecule has 0 spiro atoms. The third-order valence-corrected chi connectivity index (χ3v) is 3.48. The van der Waals surface area contributed by atoms with Gasteiger partial charge in [0.1, 0.15) is 0 Å². The molecule has 0 saturated carbocycles. The third-order valence-electron chi connectivity index (χ3n) is 3.48. The molecule has 1 aliphatic rings. The Morgan fingerprint density at radius 3 is 2.37 bits per heavy atom. The second-order valence-corrected chi connectivity index (χ2v) is 4.86. The predicted molar refractivity (Wildman–Crippen MR) is 71.9 cm³/mol. The second kappa shape index (κ2) is 5.40. The van der Waals surface area contributed by atoms with E-state index in [1.807, 2.05) is 31.2 Å². The lowest BCUT2D eigenvalue weighted by Gasteiger charge is -2.31. The maximum absolute atomic E-state index is 11.9. The maximum atomic E-state index is 11.9. The van der Waals surface area contributed by atoms with E-state index in [2.05, 4.69) is 0 Å². The lowest BCUT2D eigenvalue weighted by atomic mass is 10.0. The predicted octanol–water partition coefficient (Wildman–Crippen LogP) is 0.587. The molecule has 19 heavy (non-hydrogen) atoms. The number of likely N-dealkylation sites (N-methyl/N-ethyl adjacent to an activating group) is 1. The van der Waals surface area contributed by atoms with Gasteiger partial charge in [-0.25, -0.2) is 0 Å². The number of aliphatic hydroxyl groups excluding tert-OH is 1. The van der Waals surface area contributed by atoms with Crippen molar-refractivity contribution in [2.45, 2.75) is 12.8 Å². The Kier molecular flexibility index (Phi) is 3.85. The van der Waals surface area contributed by atoms with Gasteiger partial charge in [-0.3, -0.25) is 9.59 Å². The van der Waals surface area contributed by atoms with E-state index in [-0.39, 0.29) is 12.5 Å². The quantitative estimate of drug-likeness (QED) is 0.811. The molecule has 0 aliphatic carbocycles. The van der Waals surface area contributed by atoms with Gasteiger partial charge >= 0.3 is 11.8 Å². The topological polar surface area (TPSA) is 60.9 Å². The highest BCUT2D eigenvalue weighted by Gasteiger charge is 2.31. The number of anilines is 1. The van der Waals surface area contributed by atoms with Gasteiger partial charge in [-0.05, 0) is 17.7 Å². The summed E-state index contributed by atoms with van der Waals surface area (Å²) in [5, 5.41) is 9.10. The van der Waals surface area contributed by atoms with Crippen LogP contribution in [-0.4, -0.2) is 48.6 Å². The molecule has 1 fully saturated rings. The molecule has 2 rings (SSSR count). The first kappa shape index (κ1) is 13.5. The molecule has 1 unspecified atom stereocenters. The molecule has 1 aliphatic heterocycles.